The molecule has 3 aromatic rings. The van der Waals surface area contributed by atoms with Gasteiger partial charge in [-0.25, -0.2) is 24.4 Å². The van der Waals surface area contributed by atoms with Gasteiger partial charge in [0.2, 0.25) is 11.9 Å². The fourth-order valence-electron chi connectivity index (χ4n) is 6.84. The third-order valence-electron chi connectivity index (χ3n) is 9.78. The van der Waals surface area contributed by atoms with Gasteiger partial charge in [0.05, 0.1) is 16.7 Å². The zero-order chi connectivity index (χ0) is 48.2. The van der Waals surface area contributed by atoms with Crippen molar-refractivity contribution in [3.05, 3.63) is 132 Å². The minimum atomic E-state index is -1.21. The molecular weight excluding hydrogens is 889 g/mol. The number of carbonyl (C=O) groups excluding carboxylic acids is 6. The van der Waals surface area contributed by atoms with Crippen LogP contribution in [0.3, 0.4) is 0 Å². The van der Waals surface area contributed by atoms with Crippen LogP contribution in [0.4, 0.5) is 0 Å². The Hall–Kier alpha value is -8.24. The van der Waals surface area contributed by atoms with E-state index in [-0.39, 0.29) is 55.3 Å². The van der Waals surface area contributed by atoms with Crippen LogP contribution < -0.4 is 11.5 Å². The number of nitrogens with two attached hydrogens (primary N) is 2. The molecule has 0 aliphatic carbocycles. The van der Waals surface area contributed by atoms with Crippen LogP contribution in [0.1, 0.15) is 59.3 Å². The molecule has 0 spiro atoms. The second kappa shape index (κ2) is 23.3. The highest BCUT2D eigenvalue weighted by Gasteiger charge is 2.54. The number of carbonyl (C=O) groups is 6. The molecule has 68 heavy (non-hydrogen) atoms. The van der Waals surface area contributed by atoms with E-state index in [2.05, 4.69) is 33.1 Å². The SMILES string of the molecule is C.C=C1N=C(N)N=CN1[C@@H]1O[C@H](COC(=O)c2ccccc2)C(OC(=O)c2ccccc2)[C@@H]1OC(=O)c1ccccc1.C=C1N=C(N)N=CN1[C@@H]1O[C@H](COC(C)=O)C(OC(C)=O)[C@@H]1OC(C)=O. The van der Waals surface area contributed by atoms with Crippen molar-refractivity contribution in [3.63, 3.8) is 0 Å². The highest BCUT2D eigenvalue weighted by Crippen LogP contribution is 2.34. The van der Waals surface area contributed by atoms with E-state index < -0.39 is 84.9 Å². The summed E-state index contributed by atoms with van der Waals surface area (Å²) in [6.07, 6.45) is -5.80. The Balaban J connectivity index is 0.000000277. The van der Waals surface area contributed by atoms with Gasteiger partial charge in [0, 0.05) is 20.8 Å². The molecule has 0 radical (unpaired) electrons. The molecular formula is C46H50N8O14. The van der Waals surface area contributed by atoms with Gasteiger partial charge in [-0.2, -0.15) is 9.98 Å². The van der Waals surface area contributed by atoms with Gasteiger partial charge in [0.15, 0.2) is 36.9 Å². The number of hydrogen-bond donors (Lipinski definition) is 2. The normalized spacial score (nSPS) is 23.6. The minimum Gasteiger partial charge on any atom is -0.463 e. The van der Waals surface area contributed by atoms with Crippen LogP contribution in [0.2, 0.25) is 0 Å². The van der Waals surface area contributed by atoms with Crippen molar-refractivity contribution in [3.8, 4) is 0 Å². The van der Waals surface area contributed by atoms with Crippen LogP contribution in [0, 0.1) is 0 Å². The molecule has 2 fully saturated rings. The first-order valence-electron chi connectivity index (χ1n) is 20.3. The van der Waals surface area contributed by atoms with Crippen LogP contribution in [0.25, 0.3) is 0 Å². The smallest absolute Gasteiger partial charge is 0.338 e. The van der Waals surface area contributed by atoms with Crippen molar-refractivity contribution >= 4 is 60.4 Å². The number of esters is 6. The topological polar surface area (TPSA) is 284 Å². The lowest BCUT2D eigenvalue weighted by molar-refractivity contribution is -0.166. The first-order valence-corrected chi connectivity index (χ1v) is 20.3. The van der Waals surface area contributed by atoms with Gasteiger partial charge in [-0.1, -0.05) is 75.2 Å². The first-order chi connectivity index (χ1) is 32.1. The number of guanidine groups is 2. The molecule has 0 bridgehead atoms. The molecule has 4 heterocycles. The molecule has 22 nitrogen and oxygen atoms in total. The summed E-state index contributed by atoms with van der Waals surface area (Å²) < 4.78 is 44.9. The van der Waals surface area contributed by atoms with E-state index in [0.29, 0.717) is 5.56 Å². The Morgan fingerprint density at radius 1 is 0.529 bits per heavy atom. The second-order valence-corrected chi connectivity index (χ2v) is 14.6. The van der Waals surface area contributed by atoms with Crippen molar-refractivity contribution in [1.82, 2.24) is 9.80 Å². The van der Waals surface area contributed by atoms with Gasteiger partial charge in [0.1, 0.15) is 49.7 Å². The van der Waals surface area contributed by atoms with Gasteiger partial charge in [0.25, 0.3) is 0 Å². The maximum Gasteiger partial charge on any atom is 0.338 e. The van der Waals surface area contributed by atoms with Crippen molar-refractivity contribution in [2.45, 2.75) is 77.3 Å². The van der Waals surface area contributed by atoms with Crippen LogP contribution in [-0.2, 0) is 52.3 Å². The van der Waals surface area contributed by atoms with E-state index in [0.717, 1.165) is 0 Å². The highest BCUT2D eigenvalue weighted by molar-refractivity contribution is 5.92. The maximum absolute atomic E-state index is 13.2. The molecule has 4 aliphatic heterocycles. The third kappa shape index (κ3) is 13.0. The Morgan fingerprint density at radius 3 is 1.28 bits per heavy atom. The summed E-state index contributed by atoms with van der Waals surface area (Å²) in [5, 5.41) is 0. The van der Waals surface area contributed by atoms with Crippen molar-refractivity contribution in [1.29, 1.82) is 0 Å². The summed E-state index contributed by atoms with van der Waals surface area (Å²) in [7, 11) is 0. The molecule has 0 saturated carbocycles. The number of nitrogens with zero attached hydrogens (tertiary/aromatic N) is 6. The Morgan fingerprint density at radius 2 is 0.882 bits per heavy atom. The lowest BCUT2D eigenvalue weighted by Gasteiger charge is -2.31. The van der Waals surface area contributed by atoms with Crippen LogP contribution in [0.5, 0.6) is 0 Å². The highest BCUT2D eigenvalue weighted by atomic mass is 16.7. The average Bonchev–Trinajstić information content (AvgIpc) is 3.80. The van der Waals surface area contributed by atoms with E-state index in [1.807, 2.05) is 0 Å². The van der Waals surface area contributed by atoms with Crippen LogP contribution in [0.15, 0.2) is 136 Å². The molecule has 2 saturated heterocycles. The van der Waals surface area contributed by atoms with Crippen molar-refractivity contribution < 1.29 is 66.7 Å². The summed E-state index contributed by atoms with van der Waals surface area (Å²) in [5.74, 6) is -3.43. The predicted molar refractivity (Wildman–Crippen MR) is 242 cm³/mol. The molecule has 4 N–H and O–H groups in total. The van der Waals surface area contributed by atoms with Crippen LogP contribution >= 0.6 is 0 Å². The van der Waals surface area contributed by atoms with E-state index in [9.17, 15) is 28.8 Å². The van der Waals surface area contributed by atoms with Crippen molar-refractivity contribution in [2.75, 3.05) is 13.2 Å². The summed E-state index contributed by atoms with van der Waals surface area (Å²) in [6.45, 7) is 10.7. The third-order valence-corrected chi connectivity index (χ3v) is 9.78. The standard InChI is InChI=1S/C30H26N4O7.C15H20N4O7.CH4/c1-19-33-30(31)32-18-34(19)26-25(41-29(37)22-15-9-4-10-16-22)24(40-28(36)21-13-7-3-8-14-21)23(39-26)17-38-27(35)20-11-5-2-6-12-20;1-7-18-15(16)17-6-19(7)14-13(25-10(4)22)12(24-9(3)21)11(26-14)5-23-8(2)20;/h2-16,18,23-26H,1,17H2,(H2,31,33);6,11-14H,1,5H2,2-4H3,(H2,16,18);1H4/t23-,24?,25+,26-;11-,12?,13+,14-;/m11./s1. The largest absolute Gasteiger partial charge is 0.463 e. The number of aliphatic imine (C=N–C) groups is 4. The Kier molecular flexibility index (Phi) is 17.4. The number of ether oxygens (including phenoxy) is 8. The van der Waals surface area contributed by atoms with E-state index in [1.54, 1.807) is 91.0 Å². The molecule has 358 valence electrons. The molecule has 22 heteroatoms. The number of rotatable bonds is 13. The zero-order valence-electron chi connectivity index (χ0n) is 36.3. The zero-order valence-corrected chi connectivity index (χ0v) is 36.3. The number of hydrogen-bond acceptors (Lipinski definition) is 22. The fourth-order valence-corrected chi connectivity index (χ4v) is 6.84. The molecule has 2 unspecified atom stereocenters. The quantitative estimate of drug-likeness (QED) is 0.184. The van der Waals surface area contributed by atoms with Gasteiger partial charge in [-0.15, -0.1) is 0 Å². The van der Waals surface area contributed by atoms with Crippen molar-refractivity contribution in [2.24, 2.45) is 31.4 Å². The summed E-state index contributed by atoms with van der Waals surface area (Å²) in [6, 6.07) is 25.0. The molecule has 3 aromatic carbocycles. The van der Waals surface area contributed by atoms with E-state index in [1.165, 1.54) is 43.2 Å². The Labute approximate surface area is 390 Å². The first kappa shape index (κ1) is 50.8. The second-order valence-electron chi connectivity index (χ2n) is 14.6. The lowest BCUT2D eigenvalue weighted by atomic mass is 10.1. The van der Waals surface area contributed by atoms with Gasteiger partial charge in [-0.3, -0.25) is 24.2 Å². The molecule has 0 amide bonds. The van der Waals surface area contributed by atoms with Gasteiger partial charge in [-0.05, 0) is 36.4 Å². The lowest BCUT2D eigenvalue weighted by Crippen LogP contribution is -2.47. The fraction of sp³-hybridized carbons (Fsp3) is 0.304. The monoisotopic (exact) mass is 938 g/mol. The van der Waals surface area contributed by atoms with E-state index >= 15 is 0 Å². The predicted octanol–water partition coefficient (Wildman–Crippen LogP) is 3.05. The van der Waals surface area contributed by atoms with Gasteiger partial charge >= 0.3 is 35.8 Å². The molecule has 8 atom stereocenters. The van der Waals surface area contributed by atoms with Gasteiger partial charge < -0.3 is 49.4 Å². The maximum atomic E-state index is 13.2. The number of benzene rings is 3. The van der Waals surface area contributed by atoms with E-state index in [4.69, 9.17) is 49.4 Å². The summed E-state index contributed by atoms with van der Waals surface area (Å²) >= 11 is 0. The van der Waals surface area contributed by atoms with Crippen LogP contribution in [-0.4, -0.2) is 133 Å². The molecule has 4 aliphatic rings. The summed E-state index contributed by atoms with van der Waals surface area (Å²) in [5.41, 5.74) is 12.1. The molecule has 0 aromatic heterocycles. The minimum absolute atomic E-state index is 0. The summed E-state index contributed by atoms with van der Waals surface area (Å²) in [4.78, 5) is 91.9. The molecule has 7 rings (SSSR count). The Bertz CT molecular complexity index is 2470. The average molecular weight is 939 g/mol.